The summed E-state index contributed by atoms with van der Waals surface area (Å²) in [6, 6.07) is 4.47. The molecule has 4 heteroatoms. The number of furan rings is 1. The number of hydrogen-bond acceptors (Lipinski definition) is 4. The third-order valence-electron chi connectivity index (χ3n) is 2.79. The van der Waals surface area contributed by atoms with Gasteiger partial charge in [0.15, 0.2) is 0 Å². The Balaban J connectivity index is 1.92. The molecule has 2 N–H and O–H groups in total. The summed E-state index contributed by atoms with van der Waals surface area (Å²) in [5.41, 5.74) is 1.81. The Hall–Kier alpha value is -1.55. The number of hydrogen-bond donors (Lipinski definition) is 2. The minimum absolute atomic E-state index is 0.519. The highest BCUT2D eigenvalue weighted by Crippen LogP contribution is 2.23. The van der Waals surface area contributed by atoms with E-state index >= 15 is 0 Å². The SMILES string of the molecule is c1cc(NC2CCNC2)c2ccoc2n1. The molecule has 0 saturated carbocycles. The second-order valence-electron chi connectivity index (χ2n) is 3.83. The quantitative estimate of drug-likeness (QED) is 0.778. The van der Waals surface area contributed by atoms with Gasteiger partial charge in [-0.15, -0.1) is 0 Å². The minimum atomic E-state index is 0.519. The Morgan fingerprint density at radius 3 is 3.33 bits per heavy atom. The monoisotopic (exact) mass is 203 g/mol. The first kappa shape index (κ1) is 8.73. The largest absolute Gasteiger partial charge is 0.446 e. The summed E-state index contributed by atoms with van der Waals surface area (Å²) in [4.78, 5) is 4.15. The fourth-order valence-corrected chi connectivity index (χ4v) is 2.00. The predicted octanol–water partition coefficient (Wildman–Crippen LogP) is 1.60. The first-order valence-electron chi connectivity index (χ1n) is 5.23. The molecule has 0 aliphatic carbocycles. The molecule has 0 spiro atoms. The van der Waals surface area contributed by atoms with Gasteiger partial charge < -0.3 is 15.1 Å². The van der Waals surface area contributed by atoms with Gasteiger partial charge in [0.1, 0.15) is 0 Å². The molecule has 1 atom stereocenters. The van der Waals surface area contributed by atoms with E-state index in [0.717, 1.165) is 24.2 Å². The highest BCUT2D eigenvalue weighted by atomic mass is 16.3. The van der Waals surface area contributed by atoms with Crippen molar-refractivity contribution in [3.8, 4) is 0 Å². The van der Waals surface area contributed by atoms with E-state index in [1.165, 1.54) is 6.42 Å². The maximum absolute atomic E-state index is 5.26. The zero-order valence-electron chi connectivity index (χ0n) is 8.36. The van der Waals surface area contributed by atoms with Gasteiger partial charge in [-0.25, -0.2) is 4.98 Å². The zero-order valence-corrected chi connectivity index (χ0v) is 8.36. The van der Waals surface area contributed by atoms with Crippen molar-refractivity contribution in [2.45, 2.75) is 12.5 Å². The molecule has 1 aliphatic heterocycles. The Morgan fingerprint density at radius 1 is 1.47 bits per heavy atom. The molecular weight excluding hydrogens is 190 g/mol. The zero-order chi connectivity index (χ0) is 10.1. The van der Waals surface area contributed by atoms with Crippen molar-refractivity contribution in [1.82, 2.24) is 10.3 Å². The predicted molar refractivity (Wildman–Crippen MR) is 58.9 cm³/mol. The number of nitrogens with one attached hydrogen (secondary N) is 2. The van der Waals surface area contributed by atoms with Crippen molar-refractivity contribution in [3.05, 3.63) is 24.6 Å². The Morgan fingerprint density at radius 2 is 2.47 bits per heavy atom. The van der Waals surface area contributed by atoms with E-state index in [-0.39, 0.29) is 0 Å². The standard InChI is InChI=1S/C11H13N3O/c1-4-12-7-8(1)14-10-2-5-13-11-9(10)3-6-15-11/h2-3,5-6,8,12H,1,4,7H2,(H,13,14). The van der Waals surface area contributed by atoms with Crippen molar-refractivity contribution in [2.24, 2.45) is 0 Å². The molecule has 15 heavy (non-hydrogen) atoms. The third kappa shape index (κ3) is 1.57. The van der Waals surface area contributed by atoms with Crippen LogP contribution in [0.15, 0.2) is 29.0 Å². The summed E-state index contributed by atoms with van der Waals surface area (Å²) in [5, 5.41) is 7.90. The second kappa shape index (κ2) is 3.55. The normalized spacial score (nSPS) is 20.9. The lowest BCUT2D eigenvalue weighted by Gasteiger charge is -2.12. The lowest BCUT2D eigenvalue weighted by Crippen LogP contribution is -2.22. The van der Waals surface area contributed by atoms with Crippen LogP contribution in [0.3, 0.4) is 0 Å². The molecule has 0 bridgehead atoms. The molecule has 3 heterocycles. The van der Waals surface area contributed by atoms with Crippen LogP contribution in [-0.2, 0) is 0 Å². The van der Waals surface area contributed by atoms with Crippen molar-refractivity contribution in [3.63, 3.8) is 0 Å². The van der Waals surface area contributed by atoms with Gasteiger partial charge >= 0.3 is 0 Å². The van der Waals surface area contributed by atoms with Gasteiger partial charge in [0.2, 0.25) is 5.71 Å². The van der Waals surface area contributed by atoms with E-state index in [1.807, 2.05) is 12.1 Å². The van der Waals surface area contributed by atoms with Crippen molar-refractivity contribution >= 4 is 16.8 Å². The molecule has 0 radical (unpaired) electrons. The van der Waals surface area contributed by atoms with Crippen molar-refractivity contribution in [2.75, 3.05) is 18.4 Å². The average Bonchev–Trinajstić information content (AvgIpc) is 2.87. The van der Waals surface area contributed by atoms with Crippen LogP contribution in [0.2, 0.25) is 0 Å². The van der Waals surface area contributed by atoms with Gasteiger partial charge in [0, 0.05) is 24.5 Å². The minimum Gasteiger partial charge on any atom is -0.446 e. The summed E-state index contributed by atoms with van der Waals surface area (Å²) in [6.45, 7) is 2.12. The van der Waals surface area contributed by atoms with Crippen LogP contribution in [-0.4, -0.2) is 24.1 Å². The second-order valence-corrected chi connectivity index (χ2v) is 3.83. The summed E-state index contributed by atoms with van der Waals surface area (Å²) < 4.78 is 5.26. The van der Waals surface area contributed by atoms with Gasteiger partial charge in [-0.2, -0.15) is 0 Å². The number of anilines is 1. The summed E-state index contributed by atoms with van der Waals surface area (Å²) in [7, 11) is 0. The summed E-state index contributed by atoms with van der Waals surface area (Å²) >= 11 is 0. The highest BCUT2D eigenvalue weighted by Gasteiger charge is 2.15. The van der Waals surface area contributed by atoms with Gasteiger partial charge in [-0.05, 0) is 25.1 Å². The molecule has 1 fully saturated rings. The third-order valence-corrected chi connectivity index (χ3v) is 2.79. The lowest BCUT2D eigenvalue weighted by atomic mass is 10.2. The Bertz CT molecular complexity index is 460. The molecule has 1 unspecified atom stereocenters. The summed E-state index contributed by atoms with van der Waals surface area (Å²) in [5.74, 6) is 0. The molecule has 4 nitrogen and oxygen atoms in total. The van der Waals surface area contributed by atoms with E-state index in [0.29, 0.717) is 11.8 Å². The Kier molecular flexibility index (Phi) is 2.07. The van der Waals surface area contributed by atoms with Gasteiger partial charge in [0.05, 0.1) is 11.6 Å². The lowest BCUT2D eigenvalue weighted by molar-refractivity contribution is 0.603. The molecule has 3 rings (SSSR count). The first-order chi connectivity index (χ1) is 7.43. The van der Waals surface area contributed by atoms with Crippen LogP contribution in [0.1, 0.15) is 6.42 Å². The molecular formula is C11H13N3O. The van der Waals surface area contributed by atoms with E-state index in [2.05, 4.69) is 15.6 Å². The van der Waals surface area contributed by atoms with Crippen molar-refractivity contribution < 1.29 is 4.42 Å². The van der Waals surface area contributed by atoms with Crippen LogP contribution >= 0.6 is 0 Å². The fourth-order valence-electron chi connectivity index (χ4n) is 2.00. The summed E-state index contributed by atoms with van der Waals surface area (Å²) in [6.07, 6.45) is 4.62. The van der Waals surface area contributed by atoms with Crippen LogP contribution < -0.4 is 10.6 Å². The molecule has 1 saturated heterocycles. The molecule has 0 aromatic carbocycles. The number of fused-ring (bicyclic) bond motifs is 1. The number of rotatable bonds is 2. The maximum Gasteiger partial charge on any atom is 0.227 e. The van der Waals surface area contributed by atoms with Gasteiger partial charge in [-0.1, -0.05) is 0 Å². The smallest absolute Gasteiger partial charge is 0.227 e. The maximum atomic E-state index is 5.26. The Labute approximate surface area is 87.7 Å². The highest BCUT2D eigenvalue weighted by molar-refractivity contribution is 5.87. The van der Waals surface area contributed by atoms with Crippen LogP contribution in [0.5, 0.6) is 0 Å². The van der Waals surface area contributed by atoms with E-state index in [4.69, 9.17) is 4.42 Å². The number of pyridine rings is 1. The van der Waals surface area contributed by atoms with Crippen LogP contribution in [0.4, 0.5) is 5.69 Å². The fraction of sp³-hybridized carbons (Fsp3) is 0.364. The van der Waals surface area contributed by atoms with Gasteiger partial charge in [0.25, 0.3) is 0 Å². The van der Waals surface area contributed by atoms with Crippen LogP contribution in [0, 0.1) is 0 Å². The molecule has 1 aliphatic rings. The van der Waals surface area contributed by atoms with E-state index < -0.39 is 0 Å². The molecule has 0 amide bonds. The van der Waals surface area contributed by atoms with Gasteiger partial charge in [-0.3, -0.25) is 0 Å². The first-order valence-corrected chi connectivity index (χ1v) is 5.23. The van der Waals surface area contributed by atoms with E-state index in [9.17, 15) is 0 Å². The molecule has 78 valence electrons. The topological polar surface area (TPSA) is 50.1 Å². The average molecular weight is 203 g/mol. The van der Waals surface area contributed by atoms with Crippen LogP contribution in [0.25, 0.3) is 11.1 Å². The van der Waals surface area contributed by atoms with E-state index in [1.54, 1.807) is 12.5 Å². The van der Waals surface area contributed by atoms with Crippen molar-refractivity contribution in [1.29, 1.82) is 0 Å². The number of aromatic nitrogens is 1. The number of nitrogens with zero attached hydrogens (tertiary/aromatic N) is 1. The molecule has 2 aromatic rings. The molecule has 2 aromatic heterocycles.